The molecule has 0 aliphatic carbocycles. The SMILES string of the molecule is Cc1c(O)ccc(O)c1CF. The second-order valence-corrected chi connectivity index (χ2v) is 2.34. The van der Waals surface area contributed by atoms with E-state index < -0.39 is 6.67 Å². The molecule has 3 heteroatoms. The monoisotopic (exact) mass is 156 g/mol. The van der Waals surface area contributed by atoms with Gasteiger partial charge in [-0.15, -0.1) is 0 Å². The lowest BCUT2D eigenvalue weighted by Crippen LogP contribution is -1.86. The molecule has 0 heterocycles. The molecular formula is C8H9FO2. The summed E-state index contributed by atoms with van der Waals surface area (Å²) in [5.41, 5.74) is 0.553. The molecule has 0 saturated carbocycles. The van der Waals surface area contributed by atoms with Crippen molar-refractivity contribution in [3.05, 3.63) is 23.3 Å². The number of hydrogen-bond donors (Lipinski definition) is 2. The molecule has 0 unspecified atom stereocenters. The Morgan fingerprint density at radius 3 is 2.27 bits per heavy atom. The lowest BCUT2D eigenvalue weighted by Gasteiger charge is -2.05. The minimum Gasteiger partial charge on any atom is -0.508 e. The normalized spacial score (nSPS) is 10.0. The van der Waals surface area contributed by atoms with Gasteiger partial charge in [-0.25, -0.2) is 4.39 Å². The molecule has 0 spiro atoms. The number of phenolic OH excluding ortho intramolecular Hbond substituents is 2. The highest BCUT2D eigenvalue weighted by Crippen LogP contribution is 2.28. The van der Waals surface area contributed by atoms with Gasteiger partial charge in [0.25, 0.3) is 0 Å². The Morgan fingerprint density at radius 2 is 1.82 bits per heavy atom. The standard InChI is InChI=1S/C8H9FO2/c1-5-6(4-9)8(11)3-2-7(5)10/h2-3,10-11H,4H2,1H3. The highest BCUT2D eigenvalue weighted by Gasteiger charge is 2.07. The third-order valence-electron chi connectivity index (χ3n) is 1.68. The summed E-state index contributed by atoms with van der Waals surface area (Å²) in [6.07, 6.45) is 0. The average molecular weight is 156 g/mol. The van der Waals surface area contributed by atoms with Gasteiger partial charge in [0.1, 0.15) is 18.2 Å². The molecule has 0 atom stereocenters. The Bertz CT molecular complexity index is 271. The summed E-state index contributed by atoms with van der Waals surface area (Å²) in [5, 5.41) is 18.1. The van der Waals surface area contributed by atoms with E-state index in [-0.39, 0.29) is 17.1 Å². The maximum Gasteiger partial charge on any atom is 0.121 e. The summed E-state index contributed by atoms with van der Waals surface area (Å²) in [5.74, 6) is -0.0988. The number of benzene rings is 1. The van der Waals surface area contributed by atoms with Crippen LogP contribution >= 0.6 is 0 Å². The molecule has 11 heavy (non-hydrogen) atoms. The van der Waals surface area contributed by atoms with Crippen LogP contribution in [-0.2, 0) is 6.67 Å². The van der Waals surface area contributed by atoms with Crippen molar-refractivity contribution in [2.45, 2.75) is 13.6 Å². The fourth-order valence-corrected chi connectivity index (χ4v) is 0.899. The first-order valence-electron chi connectivity index (χ1n) is 3.23. The van der Waals surface area contributed by atoms with Crippen LogP contribution in [0.4, 0.5) is 4.39 Å². The second-order valence-electron chi connectivity index (χ2n) is 2.34. The van der Waals surface area contributed by atoms with Crippen molar-refractivity contribution < 1.29 is 14.6 Å². The third kappa shape index (κ3) is 1.27. The first-order valence-corrected chi connectivity index (χ1v) is 3.23. The highest BCUT2D eigenvalue weighted by molar-refractivity contribution is 5.45. The van der Waals surface area contributed by atoms with E-state index in [0.717, 1.165) is 0 Å². The van der Waals surface area contributed by atoms with E-state index in [0.29, 0.717) is 5.56 Å². The van der Waals surface area contributed by atoms with Crippen LogP contribution in [0.5, 0.6) is 11.5 Å². The van der Waals surface area contributed by atoms with E-state index in [1.807, 2.05) is 0 Å². The topological polar surface area (TPSA) is 40.5 Å². The van der Waals surface area contributed by atoms with Crippen LogP contribution in [0.15, 0.2) is 12.1 Å². The van der Waals surface area contributed by atoms with Crippen LogP contribution in [0.25, 0.3) is 0 Å². The zero-order valence-corrected chi connectivity index (χ0v) is 6.13. The second kappa shape index (κ2) is 2.78. The molecule has 2 N–H and O–H groups in total. The number of halogens is 1. The summed E-state index contributed by atoms with van der Waals surface area (Å²) in [6.45, 7) is 0.802. The van der Waals surface area contributed by atoms with Crippen LogP contribution in [-0.4, -0.2) is 10.2 Å². The van der Waals surface area contributed by atoms with E-state index in [1.54, 1.807) is 6.92 Å². The Balaban J connectivity index is 3.29. The highest BCUT2D eigenvalue weighted by atomic mass is 19.1. The van der Waals surface area contributed by atoms with E-state index in [4.69, 9.17) is 10.2 Å². The van der Waals surface area contributed by atoms with Gasteiger partial charge in [0, 0.05) is 11.1 Å². The van der Waals surface area contributed by atoms with Gasteiger partial charge in [0.05, 0.1) is 0 Å². The minimum atomic E-state index is -0.758. The summed E-state index contributed by atoms with van der Waals surface area (Å²) in [7, 11) is 0. The molecule has 0 aliphatic heterocycles. The molecule has 1 aromatic carbocycles. The maximum absolute atomic E-state index is 12.2. The van der Waals surface area contributed by atoms with Crippen LogP contribution in [0.1, 0.15) is 11.1 Å². The van der Waals surface area contributed by atoms with E-state index >= 15 is 0 Å². The molecule has 0 aromatic heterocycles. The Kier molecular flexibility index (Phi) is 1.98. The fraction of sp³-hybridized carbons (Fsp3) is 0.250. The molecule has 2 nitrogen and oxygen atoms in total. The maximum atomic E-state index is 12.2. The zero-order valence-electron chi connectivity index (χ0n) is 6.13. The van der Waals surface area contributed by atoms with Crippen molar-refractivity contribution in [2.24, 2.45) is 0 Å². The van der Waals surface area contributed by atoms with Crippen molar-refractivity contribution in [1.82, 2.24) is 0 Å². The van der Waals surface area contributed by atoms with Gasteiger partial charge in [0.2, 0.25) is 0 Å². The summed E-state index contributed by atoms with van der Waals surface area (Å²) < 4.78 is 12.2. The lowest BCUT2D eigenvalue weighted by atomic mass is 10.1. The molecular weight excluding hydrogens is 147 g/mol. The van der Waals surface area contributed by atoms with E-state index in [2.05, 4.69) is 0 Å². The molecule has 0 bridgehead atoms. The van der Waals surface area contributed by atoms with Gasteiger partial charge in [-0.1, -0.05) is 0 Å². The molecule has 0 saturated heterocycles. The lowest BCUT2D eigenvalue weighted by molar-refractivity contribution is 0.421. The van der Waals surface area contributed by atoms with Gasteiger partial charge in [-0.05, 0) is 19.1 Å². The number of phenols is 2. The first-order chi connectivity index (χ1) is 5.16. The van der Waals surface area contributed by atoms with Crippen LogP contribution in [0.3, 0.4) is 0 Å². The van der Waals surface area contributed by atoms with Gasteiger partial charge < -0.3 is 10.2 Å². The van der Waals surface area contributed by atoms with Crippen molar-refractivity contribution in [2.75, 3.05) is 0 Å². The summed E-state index contributed by atoms with van der Waals surface area (Å²) in [6, 6.07) is 2.61. The van der Waals surface area contributed by atoms with Gasteiger partial charge >= 0.3 is 0 Å². The molecule has 1 rings (SSSR count). The van der Waals surface area contributed by atoms with Crippen LogP contribution in [0, 0.1) is 6.92 Å². The van der Waals surface area contributed by atoms with Crippen molar-refractivity contribution in [1.29, 1.82) is 0 Å². The summed E-state index contributed by atoms with van der Waals surface area (Å²) in [4.78, 5) is 0. The molecule has 0 fully saturated rings. The first kappa shape index (κ1) is 7.85. The Morgan fingerprint density at radius 1 is 1.27 bits per heavy atom. The van der Waals surface area contributed by atoms with Gasteiger partial charge in [-0.2, -0.15) is 0 Å². The number of aromatic hydroxyl groups is 2. The predicted molar refractivity (Wildman–Crippen MR) is 39.3 cm³/mol. The third-order valence-corrected chi connectivity index (χ3v) is 1.68. The molecule has 0 amide bonds. The van der Waals surface area contributed by atoms with Gasteiger partial charge in [0.15, 0.2) is 0 Å². The number of rotatable bonds is 1. The number of hydrogen-bond acceptors (Lipinski definition) is 2. The minimum absolute atomic E-state index is 0.00968. The smallest absolute Gasteiger partial charge is 0.121 e. The van der Waals surface area contributed by atoms with E-state index in [1.165, 1.54) is 12.1 Å². The fourth-order valence-electron chi connectivity index (χ4n) is 0.899. The van der Waals surface area contributed by atoms with E-state index in [9.17, 15) is 4.39 Å². The molecule has 1 aromatic rings. The van der Waals surface area contributed by atoms with Crippen molar-refractivity contribution >= 4 is 0 Å². The van der Waals surface area contributed by atoms with Crippen molar-refractivity contribution in [3.8, 4) is 11.5 Å². The zero-order chi connectivity index (χ0) is 8.43. The van der Waals surface area contributed by atoms with Gasteiger partial charge in [-0.3, -0.25) is 0 Å². The number of alkyl halides is 1. The summed E-state index contributed by atoms with van der Waals surface area (Å²) >= 11 is 0. The Hall–Kier alpha value is -1.25. The molecule has 0 aliphatic rings. The Labute approximate surface area is 63.9 Å². The molecule has 0 radical (unpaired) electrons. The van der Waals surface area contributed by atoms with Crippen LogP contribution < -0.4 is 0 Å². The largest absolute Gasteiger partial charge is 0.508 e. The van der Waals surface area contributed by atoms with Crippen molar-refractivity contribution in [3.63, 3.8) is 0 Å². The quantitative estimate of drug-likeness (QED) is 0.609. The van der Waals surface area contributed by atoms with Crippen LogP contribution in [0.2, 0.25) is 0 Å². The average Bonchev–Trinajstić information content (AvgIpc) is 1.99. The molecule has 60 valence electrons. The predicted octanol–water partition coefficient (Wildman–Crippen LogP) is 1.88.